The highest BCUT2D eigenvalue weighted by Crippen LogP contribution is 2.31. The molecule has 1 unspecified atom stereocenters. The van der Waals surface area contributed by atoms with Gasteiger partial charge in [0.15, 0.2) is 0 Å². The van der Waals surface area contributed by atoms with Gasteiger partial charge in [-0.3, -0.25) is 0 Å². The van der Waals surface area contributed by atoms with Gasteiger partial charge in [-0.1, -0.05) is 12.1 Å². The first-order valence-corrected chi connectivity index (χ1v) is 8.95. The van der Waals surface area contributed by atoms with E-state index in [2.05, 4.69) is 43.6 Å². The largest absolute Gasteiger partial charge is 0.481 e. The number of rotatable bonds is 6. The van der Waals surface area contributed by atoms with Crippen molar-refractivity contribution in [3.05, 3.63) is 65.4 Å². The maximum atomic E-state index is 5.08. The molecule has 1 atom stereocenters. The zero-order chi connectivity index (χ0) is 18.6. The summed E-state index contributed by atoms with van der Waals surface area (Å²) >= 11 is 0. The van der Waals surface area contributed by atoms with Crippen molar-refractivity contribution in [3.8, 4) is 5.88 Å². The molecule has 0 aliphatic carbocycles. The SMILES string of the molecule is COc1ccc(CNc2ncc(CC3CNc4ncncc43)cc2C)cn1. The van der Waals surface area contributed by atoms with Gasteiger partial charge in [0.2, 0.25) is 5.88 Å². The molecule has 0 saturated heterocycles. The van der Waals surface area contributed by atoms with Crippen LogP contribution < -0.4 is 15.4 Å². The van der Waals surface area contributed by atoms with Crippen LogP contribution in [-0.2, 0) is 13.0 Å². The third-order valence-electron chi connectivity index (χ3n) is 4.78. The summed E-state index contributed by atoms with van der Waals surface area (Å²) in [5.41, 5.74) is 4.61. The summed E-state index contributed by atoms with van der Waals surface area (Å²) in [5, 5.41) is 6.72. The summed E-state index contributed by atoms with van der Waals surface area (Å²) in [7, 11) is 1.61. The highest BCUT2D eigenvalue weighted by molar-refractivity contribution is 5.51. The number of hydrogen-bond donors (Lipinski definition) is 2. The van der Waals surface area contributed by atoms with Crippen LogP contribution in [0.25, 0.3) is 0 Å². The smallest absolute Gasteiger partial charge is 0.212 e. The molecular weight excluding hydrogens is 340 g/mol. The Hall–Kier alpha value is -3.22. The third-order valence-corrected chi connectivity index (χ3v) is 4.78. The predicted octanol–water partition coefficient (Wildman–Crippen LogP) is 2.95. The zero-order valence-electron chi connectivity index (χ0n) is 15.4. The monoisotopic (exact) mass is 362 g/mol. The maximum absolute atomic E-state index is 5.08. The van der Waals surface area contributed by atoms with Gasteiger partial charge in [-0.2, -0.15) is 0 Å². The highest BCUT2D eigenvalue weighted by Gasteiger charge is 2.23. The maximum Gasteiger partial charge on any atom is 0.212 e. The second-order valence-electron chi connectivity index (χ2n) is 6.68. The van der Waals surface area contributed by atoms with Gasteiger partial charge >= 0.3 is 0 Å². The lowest BCUT2D eigenvalue weighted by Crippen LogP contribution is -2.08. The average Bonchev–Trinajstić information content (AvgIpc) is 3.11. The van der Waals surface area contributed by atoms with Crippen molar-refractivity contribution in [2.75, 3.05) is 24.3 Å². The van der Waals surface area contributed by atoms with E-state index in [0.717, 1.165) is 35.7 Å². The minimum atomic E-state index is 0.381. The second kappa shape index (κ2) is 7.57. The molecule has 2 N–H and O–H groups in total. The Kier molecular flexibility index (Phi) is 4.82. The molecule has 0 bridgehead atoms. The molecule has 0 amide bonds. The fourth-order valence-electron chi connectivity index (χ4n) is 3.34. The first kappa shape index (κ1) is 17.2. The van der Waals surface area contributed by atoms with Gasteiger partial charge in [0.25, 0.3) is 0 Å². The van der Waals surface area contributed by atoms with E-state index in [1.807, 2.05) is 30.7 Å². The van der Waals surface area contributed by atoms with Crippen molar-refractivity contribution < 1.29 is 4.74 Å². The van der Waals surface area contributed by atoms with Gasteiger partial charge in [0, 0.05) is 49.2 Å². The lowest BCUT2D eigenvalue weighted by atomic mass is 9.96. The Balaban J connectivity index is 1.40. The summed E-state index contributed by atoms with van der Waals surface area (Å²) in [6.45, 7) is 3.63. The van der Waals surface area contributed by atoms with Crippen LogP contribution in [0.15, 0.2) is 43.1 Å². The van der Waals surface area contributed by atoms with Gasteiger partial charge in [-0.25, -0.2) is 19.9 Å². The molecule has 7 heteroatoms. The van der Waals surface area contributed by atoms with Crippen LogP contribution in [0.3, 0.4) is 0 Å². The molecule has 4 heterocycles. The molecule has 138 valence electrons. The van der Waals surface area contributed by atoms with Crippen molar-refractivity contribution in [1.82, 2.24) is 19.9 Å². The number of pyridine rings is 2. The van der Waals surface area contributed by atoms with Crippen LogP contribution >= 0.6 is 0 Å². The fourth-order valence-corrected chi connectivity index (χ4v) is 3.34. The molecule has 1 aliphatic rings. The second-order valence-corrected chi connectivity index (χ2v) is 6.68. The Morgan fingerprint density at radius 3 is 2.81 bits per heavy atom. The van der Waals surface area contributed by atoms with Crippen molar-refractivity contribution in [2.45, 2.75) is 25.8 Å². The Morgan fingerprint density at radius 2 is 2.04 bits per heavy atom. The van der Waals surface area contributed by atoms with E-state index in [9.17, 15) is 0 Å². The Bertz CT molecular complexity index is 928. The molecular formula is C20H22N6O. The summed E-state index contributed by atoms with van der Waals surface area (Å²) in [6.07, 6.45) is 8.17. The number of methoxy groups -OCH3 is 1. The topological polar surface area (TPSA) is 84.9 Å². The number of nitrogens with one attached hydrogen (secondary N) is 2. The standard InChI is InChI=1S/C20H22N6O/c1-13-5-15(6-16-10-25-20-17(16)11-21-12-26-20)9-24-19(13)23-8-14-3-4-18(27-2)22-7-14/h3-5,7,9,11-12,16H,6,8,10H2,1-2H3,(H,23,24)(H,21,25,26). The lowest BCUT2D eigenvalue weighted by Gasteiger charge is -2.13. The molecule has 0 aromatic carbocycles. The quantitative estimate of drug-likeness (QED) is 0.697. The van der Waals surface area contributed by atoms with Crippen LogP contribution in [0, 0.1) is 6.92 Å². The lowest BCUT2D eigenvalue weighted by molar-refractivity contribution is 0.397. The molecule has 3 aromatic heterocycles. The van der Waals surface area contributed by atoms with E-state index < -0.39 is 0 Å². The molecule has 7 nitrogen and oxygen atoms in total. The molecule has 0 saturated carbocycles. The van der Waals surface area contributed by atoms with E-state index in [-0.39, 0.29) is 0 Å². The summed E-state index contributed by atoms with van der Waals surface area (Å²) in [5.74, 6) is 2.84. The number of aromatic nitrogens is 4. The number of ether oxygens (including phenoxy) is 1. The molecule has 0 fully saturated rings. The summed E-state index contributed by atoms with van der Waals surface area (Å²) in [4.78, 5) is 17.3. The first-order chi connectivity index (χ1) is 13.2. The minimum Gasteiger partial charge on any atom is -0.481 e. The number of hydrogen-bond acceptors (Lipinski definition) is 7. The van der Waals surface area contributed by atoms with E-state index >= 15 is 0 Å². The average molecular weight is 362 g/mol. The molecule has 3 aromatic rings. The van der Waals surface area contributed by atoms with Crippen molar-refractivity contribution in [2.24, 2.45) is 0 Å². The van der Waals surface area contributed by atoms with E-state index in [1.165, 1.54) is 11.1 Å². The zero-order valence-corrected chi connectivity index (χ0v) is 15.4. The van der Waals surface area contributed by atoms with Crippen LogP contribution in [0.2, 0.25) is 0 Å². The van der Waals surface area contributed by atoms with Crippen LogP contribution in [0.4, 0.5) is 11.6 Å². The number of aryl methyl sites for hydroxylation is 1. The third kappa shape index (κ3) is 3.81. The van der Waals surface area contributed by atoms with E-state index in [0.29, 0.717) is 18.3 Å². The Labute approximate surface area is 158 Å². The van der Waals surface area contributed by atoms with Crippen LogP contribution in [0.5, 0.6) is 5.88 Å². The van der Waals surface area contributed by atoms with E-state index in [4.69, 9.17) is 4.74 Å². The van der Waals surface area contributed by atoms with Gasteiger partial charge in [0.1, 0.15) is 18.0 Å². The van der Waals surface area contributed by atoms with Gasteiger partial charge in [-0.05, 0) is 30.0 Å². The van der Waals surface area contributed by atoms with E-state index in [1.54, 1.807) is 13.4 Å². The molecule has 27 heavy (non-hydrogen) atoms. The van der Waals surface area contributed by atoms with Crippen molar-refractivity contribution in [3.63, 3.8) is 0 Å². The normalized spacial score (nSPS) is 15.1. The number of anilines is 2. The Morgan fingerprint density at radius 1 is 1.15 bits per heavy atom. The minimum absolute atomic E-state index is 0.381. The van der Waals surface area contributed by atoms with Gasteiger partial charge in [0.05, 0.1) is 7.11 Å². The van der Waals surface area contributed by atoms with Gasteiger partial charge in [-0.15, -0.1) is 0 Å². The fraction of sp³-hybridized carbons (Fsp3) is 0.300. The van der Waals surface area contributed by atoms with Gasteiger partial charge < -0.3 is 15.4 Å². The van der Waals surface area contributed by atoms with Crippen molar-refractivity contribution >= 4 is 11.6 Å². The first-order valence-electron chi connectivity index (χ1n) is 8.95. The van der Waals surface area contributed by atoms with Crippen LogP contribution in [0.1, 0.15) is 28.2 Å². The number of fused-ring (bicyclic) bond motifs is 1. The van der Waals surface area contributed by atoms with Crippen LogP contribution in [-0.4, -0.2) is 33.6 Å². The highest BCUT2D eigenvalue weighted by atomic mass is 16.5. The van der Waals surface area contributed by atoms with Crippen molar-refractivity contribution in [1.29, 1.82) is 0 Å². The number of nitrogens with zero attached hydrogens (tertiary/aromatic N) is 4. The molecule has 4 rings (SSSR count). The molecule has 0 spiro atoms. The summed E-state index contributed by atoms with van der Waals surface area (Å²) in [6, 6.07) is 6.05. The molecule has 1 aliphatic heterocycles. The molecule has 0 radical (unpaired) electrons. The summed E-state index contributed by atoms with van der Waals surface area (Å²) < 4.78 is 5.08. The predicted molar refractivity (Wildman–Crippen MR) is 104 cm³/mol.